The van der Waals surface area contributed by atoms with Crippen LogP contribution in [0.3, 0.4) is 0 Å². The van der Waals surface area contributed by atoms with Crippen LogP contribution in [-0.2, 0) is 11.0 Å². The van der Waals surface area contributed by atoms with Crippen LogP contribution in [0, 0.1) is 0 Å². The molecule has 0 amide bonds. The maximum absolute atomic E-state index is 12.3. The highest BCUT2D eigenvalue weighted by atomic mass is 19.4. The molecule has 0 aliphatic carbocycles. The highest BCUT2D eigenvalue weighted by Gasteiger charge is 2.36. The molecule has 0 saturated heterocycles. The molecule has 1 aromatic rings. The van der Waals surface area contributed by atoms with E-state index in [9.17, 15) is 18.0 Å². The molecule has 0 radical (unpaired) electrons. The van der Waals surface area contributed by atoms with Gasteiger partial charge in [0.15, 0.2) is 6.10 Å². The molecule has 0 aromatic carbocycles. The predicted octanol–water partition coefficient (Wildman–Crippen LogP) is 1.22. The highest BCUT2D eigenvalue weighted by Crippen LogP contribution is 2.33. The van der Waals surface area contributed by atoms with Crippen LogP contribution in [0.15, 0.2) is 18.5 Å². The molecule has 1 heterocycles. The summed E-state index contributed by atoms with van der Waals surface area (Å²) < 4.78 is 37.0. The van der Waals surface area contributed by atoms with Gasteiger partial charge in [-0.25, -0.2) is 4.79 Å². The molecule has 1 rings (SSSR count). The number of hydrogen-bond acceptors (Lipinski definition) is 3. The minimum atomic E-state index is -4.71. The zero-order valence-electron chi connectivity index (χ0n) is 7.19. The lowest BCUT2D eigenvalue weighted by molar-refractivity contribution is -0.149. The average Bonchev–Trinajstić information content (AvgIpc) is 2.15. The minimum Gasteiger partial charge on any atom is -0.479 e. The molecule has 2 N–H and O–H groups in total. The largest absolute Gasteiger partial charge is 0.479 e. The molecule has 4 nitrogen and oxygen atoms in total. The normalized spacial score (nSPS) is 13.6. The Morgan fingerprint density at radius 1 is 1.47 bits per heavy atom. The van der Waals surface area contributed by atoms with Crippen molar-refractivity contribution < 1.29 is 28.2 Å². The Bertz CT molecular complexity index is 378. The van der Waals surface area contributed by atoms with Crippen molar-refractivity contribution >= 4 is 5.97 Å². The fourth-order valence-electron chi connectivity index (χ4n) is 1.02. The van der Waals surface area contributed by atoms with Gasteiger partial charge in [0.2, 0.25) is 0 Å². The van der Waals surface area contributed by atoms with Gasteiger partial charge < -0.3 is 10.2 Å². The van der Waals surface area contributed by atoms with E-state index in [1.54, 1.807) is 0 Å². The third-order valence-corrected chi connectivity index (χ3v) is 1.69. The molecular weight excluding hydrogens is 215 g/mol. The molecule has 1 atom stereocenters. The molecule has 15 heavy (non-hydrogen) atoms. The summed E-state index contributed by atoms with van der Waals surface area (Å²) in [6, 6.07) is 0.613. The number of rotatable bonds is 2. The molecule has 0 aliphatic heterocycles. The molecule has 1 aromatic heterocycles. The van der Waals surface area contributed by atoms with E-state index >= 15 is 0 Å². The Morgan fingerprint density at radius 3 is 2.53 bits per heavy atom. The van der Waals surface area contributed by atoms with Crippen molar-refractivity contribution in [1.82, 2.24) is 4.98 Å². The van der Waals surface area contributed by atoms with Crippen molar-refractivity contribution in [1.29, 1.82) is 0 Å². The van der Waals surface area contributed by atoms with Gasteiger partial charge in [-0.3, -0.25) is 4.98 Å². The van der Waals surface area contributed by atoms with Crippen molar-refractivity contribution in [2.45, 2.75) is 12.3 Å². The molecule has 82 valence electrons. The van der Waals surface area contributed by atoms with Crippen LogP contribution in [0.25, 0.3) is 0 Å². The molecule has 0 saturated carbocycles. The second kappa shape index (κ2) is 3.85. The zero-order chi connectivity index (χ0) is 11.6. The standard InChI is InChI=1S/C8H6F3NO3/c9-8(10,11)5-1-2-12-3-4(5)6(13)7(14)15/h1-3,6,13H,(H,14,15). The number of carboxylic acids is 1. The number of hydrogen-bond donors (Lipinski definition) is 2. The van der Waals surface area contributed by atoms with Gasteiger partial charge >= 0.3 is 12.1 Å². The molecule has 0 fully saturated rings. The van der Waals surface area contributed by atoms with E-state index in [0.29, 0.717) is 12.3 Å². The van der Waals surface area contributed by atoms with Crippen molar-refractivity contribution in [3.8, 4) is 0 Å². The van der Waals surface area contributed by atoms with Gasteiger partial charge in [-0.2, -0.15) is 13.2 Å². The van der Waals surface area contributed by atoms with Crippen LogP contribution in [-0.4, -0.2) is 21.2 Å². The van der Waals surface area contributed by atoms with Crippen LogP contribution in [0.1, 0.15) is 17.2 Å². The lowest BCUT2D eigenvalue weighted by Gasteiger charge is -2.13. The van der Waals surface area contributed by atoms with E-state index in [1.165, 1.54) is 0 Å². The lowest BCUT2D eigenvalue weighted by atomic mass is 10.1. The number of nitrogens with zero attached hydrogens (tertiary/aromatic N) is 1. The molecule has 7 heteroatoms. The Kier molecular flexibility index (Phi) is 2.94. The van der Waals surface area contributed by atoms with E-state index in [-0.39, 0.29) is 0 Å². The van der Waals surface area contributed by atoms with Crippen LogP contribution in [0.5, 0.6) is 0 Å². The summed E-state index contributed by atoms with van der Waals surface area (Å²) in [4.78, 5) is 13.7. The second-order valence-electron chi connectivity index (χ2n) is 2.70. The number of alkyl halides is 3. The number of aliphatic carboxylic acids is 1. The molecule has 0 bridgehead atoms. The number of pyridine rings is 1. The summed E-state index contributed by atoms with van der Waals surface area (Å²) in [6.07, 6.45) is -5.38. The Balaban J connectivity index is 3.24. The first kappa shape index (κ1) is 11.4. The summed E-state index contributed by atoms with van der Waals surface area (Å²) >= 11 is 0. The minimum absolute atomic E-state index is 0.613. The Hall–Kier alpha value is -1.63. The van der Waals surface area contributed by atoms with Gasteiger partial charge in [0.05, 0.1) is 5.56 Å². The second-order valence-corrected chi connectivity index (χ2v) is 2.70. The Labute approximate surface area is 82.0 Å². The molecule has 0 spiro atoms. The van der Waals surface area contributed by atoms with Crippen LogP contribution < -0.4 is 0 Å². The quantitative estimate of drug-likeness (QED) is 0.787. The lowest BCUT2D eigenvalue weighted by Crippen LogP contribution is -2.17. The topological polar surface area (TPSA) is 70.4 Å². The number of aliphatic hydroxyl groups excluding tert-OH is 1. The van der Waals surface area contributed by atoms with Gasteiger partial charge in [0, 0.05) is 18.0 Å². The van der Waals surface area contributed by atoms with Crippen molar-refractivity contribution in [3.05, 3.63) is 29.6 Å². The van der Waals surface area contributed by atoms with Crippen LogP contribution in [0.4, 0.5) is 13.2 Å². The highest BCUT2D eigenvalue weighted by molar-refractivity contribution is 5.74. The fourth-order valence-corrected chi connectivity index (χ4v) is 1.02. The predicted molar refractivity (Wildman–Crippen MR) is 41.8 cm³/mol. The summed E-state index contributed by atoms with van der Waals surface area (Å²) in [5.74, 6) is -1.76. The maximum Gasteiger partial charge on any atom is 0.416 e. The summed E-state index contributed by atoms with van der Waals surface area (Å²) in [5, 5.41) is 17.4. The van der Waals surface area contributed by atoms with E-state index in [4.69, 9.17) is 10.2 Å². The van der Waals surface area contributed by atoms with Crippen molar-refractivity contribution in [3.63, 3.8) is 0 Å². The summed E-state index contributed by atoms with van der Waals surface area (Å²) in [7, 11) is 0. The monoisotopic (exact) mass is 221 g/mol. The van der Waals surface area contributed by atoms with Crippen molar-refractivity contribution in [2.75, 3.05) is 0 Å². The van der Waals surface area contributed by atoms with Gasteiger partial charge in [-0.15, -0.1) is 0 Å². The first-order valence-electron chi connectivity index (χ1n) is 3.76. The van der Waals surface area contributed by atoms with Crippen molar-refractivity contribution in [2.24, 2.45) is 0 Å². The van der Waals surface area contributed by atoms with Crippen LogP contribution >= 0.6 is 0 Å². The number of aliphatic hydroxyl groups is 1. The van der Waals surface area contributed by atoms with Gasteiger partial charge in [0.25, 0.3) is 0 Å². The van der Waals surface area contributed by atoms with E-state index in [0.717, 1.165) is 6.20 Å². The molecule has 0 aliphatic rings. The first-order valence-corrected chi connectivity index (χ1v) is 3.76. The Morgan fingerprint density at radius 2 is 2.07 bits per heavy atom. The number of carboxylic acid groups (broad SMARTS) is 1. The third kappa shape index (κ3) is 2.44. The first-order chi connectivity index (χ1) is 6.84. The fraction of sp³-hybridized carbons (Fsp3) is 0.250. The SMILES string of the molecule is O=C(O)C(O)c1cnccc1C(F)(F)F. The summed E-state index contributed by atoms with van der Waals surface area (Å²) in [5.41, 5.74) is -1.97. The number of carbonyl (C=O) groups is 1. The van der Waals surface area contributed by atoms with E-state index < -0.39 is 29.4 Å². The van der Waals surface area contributed by atoms with Crippen LogP contribution in [0.2, 0.25) is 0 Å². The van der Waals surface area contributed by atoms with E-state index in [1.807, 2.05) is 0 Å². The molecular formula is C8H6F3NO3. The number of halogens is 3. The maximum atomic E-state index is 12.3. The van der Waals surface area contributed by atoms with Gasteiger partial charge in [-0.05, 0) is 6.07 Å². The average molecular weight is 221 g/mol. The summed E-state index contributed by atoms with van der Waals surface area (Å²) in [6.45, 7) is 0. The third-order valence-electron chi connectivity index (χ3n) is 1.69. The van der Waals surface area contributed by atoms with E-state index in [2.05, 4.69) is 4.98 Å². The molecule has 1 unspecified atom stereocenters. The van der Waals surface area contributed by atoms with Gasteiger partial charge in [0.1, 0.15) is 0 Å². The van der Waals surface area contributed by atoms with Gasteiger partial charge in [-0.1, -0.05) is 0 Å². The number of aromatic nitrogens is 1. The smallest absolute Gasteiger partial charge is 0.416 e. The zero-order valence-corrected chi connectivity index (χ0v) is 7.19.